The van der Waals surface area contributed by atoms with E-state index in [2.05, 4.69) is 164 Å². The second kappa shape index (κ2) is 14.6. The zero-order valence-corrected chi connectivity index (χ0v) is 29.8. The number of hydrogen-bond acceptors (Lipinski definition) is 1. The van der Waals surface area contributed by atoms with Crippen LogP contribution in [0.1, 0.15) is 61.1 Å². The average Bonchev–Trinajstić information content (AvgIpc) is 3.57. The summed E-state index contributed by atoms with van der Waals surface area (Å²) in [5.41, 5.74) is 13.3. The van der Waals surface area contributed by atoms with Gasteiger partial charge in [0.15, 0.2) is 5.71 Å². The second-order valence-electron chi connectivity index (χ2n) is 13.7. The molecule has 4 nitrogen and oxygen atoms in total. The topological polar surface area (TPSA) is 65.1 Å². The number of hydrogen-bond donors (Lipinski definition) is 2. The Bertz CT molecular complexity index is 2370. The summed E-state index contributed by atoms with van der Waals surface area (Å²) in [4.78, 5) is 8.91. The third-order valence-electron chi connectivity index (χ3n) is 10.1. The van der Waals surface area contributed by atoms with E-state index >= 15 is 0 Å². The molecule has 0 unspecified atom stereocenters. The molecule has 2 aliphatic carbocycles. The summed E-state index contributed by atoms with van der Waals surface area (Å²) in [5, 5.41) is 7.84. The fraction of sp³-hybridized carbons (Fsp3) is 0.146. The van der Waals surface area contributed by atoms with Gasteiger partial charge in [0.2, 0.25) is 0 Å². The van der Waals surface area contributed by atoms with Crippen molar-refractivity contribution in [2.45, 2.75) is 39.5 Å². The van der Waals surface area contributed by atoms with Gasteiger partial charge in [-0.05, 0) is 94.6 Å². The summed E-state index contributed by atoms with van der Waals surface area (Å²) in [6.45, 7) is 4.45. The number of amidine groups is 2. The van der Waals surface area contributed by atoms with E-state index in [4.69, 9.17) is 14.8 Å². The maximum Gasteiger partial charge on any atom is 0.395 e. The van der Waals surface area contributed by atoms with Crippen LogP contribution in [0.25, 0.3) is 44.9 Å². The van der Waals surface area contributed by atoms with Crippen molar-refractivity contribution in [3.63, 3.8) is 0 Å². The van der Waals surface area contributed by atoms with Crippen molar-refractivity contribution >= 4 is 40.0 Å². The predicted octanol–water partition coefficient (Wildman–Crippen LogP) is 8.66. The third kappa shape index (κ3) is 6.68. The van der Waals surface area contributed by atoms with Gasteiger partial charge in [0.1, 0.15) is 11.3 Å². The van der Waals surface area contributed by atoms with Crippen molar-refractivity contribution in [2.24, 2.45) is 10.9 Å². The van der Waals surface area contributed by atoms with Gasteiger partial charge < -0.3 is 4.42 Å². The van der Waals surface area contributed by atoms with Crippen molar-refractivity contribution in [2.75, 3.05) is 0 Å². The number of allylic oxidation sites excluding steroid dienone is 3. The van der Waals surface area contributed by atoms with Gasteiger partial charge in [0.25, 0.3) is 0 Å². The molecule has 52 heavy (non-hydrogen) atoms. The molecule has 1 heterocycles. The summed E-state index contributed by atoms with van der Waals surface area (Å²) < 4.78 is 6.66. The van der Waals surface area contributed by atoms with Crippen molar-refractivity contribution in [3.8, 4) is 22.3 Å². The highest BCUT2D eigenvalue weighted by molar-refractivity contribution is 6.17. The zero-order valence-electron chi connectivity index (χ0n) is 29.8. The van der Waals surface area contributed by atoms with Crippen LogP contribution in [-0.4, -0.2) is 17.4 Å². The molecule has 6 aromatic rings. The summed E-state index contributed by atoms with van der Waals surface area (Å²) in [7, 11) is 0. The molecular weight excluding hydrogens is 635 g/mol. The minimum Gasteiger partial charge on any atom is -0.460 e. The maximum atomic E-state index is 6.80. The lowest BCUT2D eigenvalue weighted by molar-refractivity contribution is -0.372. The van der Waals surface area contributed by atoms with E-state index in [0.29, 0.717) is 11.7 Å². The quantitative estimate of drug-likeness (QED) is 0.129. The molecule has 0 fully saturated rings. The van der Waals surface area contributed by atoms with Gasteiger partial charge in [0.05, 0.1) is 11.1 Å². The average molecular weight is 678 g/mol. The van der Waals surface area contributed by atoms with Gasteiger partial charge in [-0.3, -0.25) is 5.41 Å². The molecule has 0 saturated heterocycles. The molecule has 1 aromatic heterocycles. The van der Waals surface area contributed by atoms with E-state index in [1.807, 2.05) is 6.07 Å². The van der Waals surface area contributed by atoms with E-state index in [-0.39, 0.29) is 5.92 Å². The first-order valence-corrected chi connectivity index (χ1v) is 18.3. The van der Waals surface area contributed by atoms with Crippen LogP contribution in [0, 0.1) is 5.92 Å². The lowest BCUT2D eigenvalue weighted by Gasteiger charge is -2.22. The van der Waals surface area contributed by atoms with E-state index in [0.717, 1.165) is 70.4 Å². The molecule has 5 aromatic carbocycles. The Labute approximate surface area is 305 Å². The van der Waals surface area contributed by atoms with Gasteiger partial charge in [-0.2, -0.15) is 4.99 Å². The fourth-order valence-electron chi connectivity index (χ4n) is 7.45. The number of aliphatic imine (C=N–C) groups is 1. The molecule has 3 N–H and O–H groups in total. The number of rotatable bonds is 7. The third-order valence-corrected chi connectivity index (χ3v) is 10.1. The predicted molar refractivity (Wildman–Crippen MR) is 216 cm³/mol. The highest BCUT2D eigenvalue weighted by Crippen LogP contribution is 2.42. The molecule has 2 aliphatic rings. The van der Waals surface area contributed by atoms with Crippen molar-refractivity contribution in [1.29, 1.82) is 0 Å². The number of nitrogens with two attached hydrogens (primary N) is 1. The van der Waals surface area contributed by atoms with Crippen molar-refractivity contribution in [1.82, 2.24) is 0 Å². The number of benzene rings is 5. The van der Waals surface area contributed by atoms with Crippen LogP contribution in [0.15, 0.2) is 161 Å². The normalized spacial score (nSPS) is 16.0. The highest BCUT2D eigenvalue weighted by atomic mass is 16.3. The van der Waals surface area contributed by atoms with Gasteiger partial charge in [-0.25, -0.2) is 0 Å². The van der Waals surface area contributed by atoms with Gasteiger partial charge in [-0.1, -0.05) is 123 Å². The molecule has 0 radical (unpaired) electrons. The lowest BCUT2D eigenvalue weighted by atomic mass is 9.81. The van der Waals surface area contributed by atoms with Gasteiger partial charge in [0, 0.05) is 34.3 Å². The standard InChI is InChI=1S/C48H41N3O/c1-3-43(35-21-12-6-13-22-35)50-48(51-47(49)36-23-14-7-15-24-36)40-25-16-26-44-46(40)42-31-41(32(2)27-45(42)52-44)39-29-37(33-17-8-4-9-18-33)28-38(30-39)34-19-10-5-11-20-34/h4-6,8-14,16-26,28-32,49H,3,7,15,27H2,1-2H3/p+2/t32-/m0/s1. The number of furan rings is 1. The second-order valence-corrected chi connectivity index (χ2v) is 13.7. The maximum absolute atomic E-state index is 6.80. The smallest absolute Gasteiger partial charge is 0.395 e. The molecule has 0 saturated carbocycles. The summed E-state index contributed by atoms with van der Waals surface area (Å²) >= 11 is 0. The number of nitrogens with one attached hydrogen (secondary N) is 1. The van der Waals surface area contributed by atoms with E-state index in [1.165, 1.54) is 33.4 Å². The van der Waals surface area contributed by atoms with Gasteiger partial charge in [-0.15, -0.1) is 0 Å². The van der Waals surface area contributed by atoms with Crippen LogP contribution < -0.4 is 10.4 Å². The number of nitrogens with zero attached hydrogens (tertiary/aromatic N) is 1. The highest BCUT2D eigenvalue weighted by Gasteiger charge is 2.30. The van der Waals surface area contributed by atoms with Crippen LogP contribution in [0.3, 0.4) is 0 Å². The Morgan fingerprint density at radius 1 is 0.769 bits per heavy atom. The Morgan fingerprint density at radius 2 is 1.42 bits per heavy atom. The van der Waals surface area contributed by atoms with Crippen LogP contribution in [-0.2, 0) is 6.42 Å². The Kier molecular flexibility index (Phi) is 9.29. The molecule has 1 atom stereocenters. The molecule has 0 aliphatic heterocycles. The molecule has 0 amide bonds. The SMILES string of the molecule is CCC(=NC(=[NH+]C(=[NH2+])C1=CCCC=C1)c1cccc2oc3c(c12)C=C(c1cc(-c2ccccc2)cc(-c2ccccc2)c1)[C@@H](C)C3)c1ccccc1. The van der Waals surface area contributed by atoms with E-state index < -0.39 is 0 Å². The largest absolute Gasteiger partial charge is 0.460 e. The van der Waals surface area contributed by atoms with Crippen LogP contribution >= 0.6 is 0 Å². The molecule has 8 rings (SSSR count). The Hall–Kier alpha value is -6.13. The molecule has 254 valence electrons. The van der Waals surface area contributed by atoms with Crippen molar-refractivity contribution < 1.29 is 14.8 Å². The van der Waals surface area contributed by atoms with Crippen LogP contribution in [0.4, 0.5) is 0 Å². The first kappa shape index (κ1) is 33.0. The van der Waals surface area contributed by atoms with Crippen molar-refractivity contribution in [3.05, 3.63) is 179 Å². The number of fused-ring (bicyclic) bond motifs is 3. The molecule has 0 bridgehead atoms. The first-order chi connectivity index (χ1) is 25.6. The van der Waals surface area contributed by atoms with E-state index in [9.17, 15) is 0 Å². The molecular formula is C48H43N3O+2. The van der Waals surface area contributed by atoms with Crippen LogP contribution in [0.2, 0.25) is 0 Å². The molecule has 0 spiro atoms. The summed E-state index contributed by atoms with van der Waals surface area (Å²) in [6.07, 6.45) is 12.4. The summed E-state index contributed by atoms with van der Waals surface area (Å²) in [6, 6.07) is 45.0. The Morgan fingerprint density at radius 3 is 2.06 bits per heavy atom. The monoisotopic (exact) mass is 677 g/mol. The minimum atomic E-state index is 0.254. The first-order valence-electron chi connectivity index (χ1n) is 18.3. The zero-order chi connectivity index (χ0) is 35.4. The fourth-order valence-corrected chi connectivity index (χ4v) is 7.45. The lowest BCUT2D eigenvalue weighted by Crippen LogP contribution is -2.85. The molecule has 4 heteroatoms. The van der Waals surface area contributed by atoms with Crippen LogP contribution in [0.5, 0.6) is 0 Å². The van der Waals surface area contributed by atoms with E-state index in [1.54, 1.807) is 0 Å². The van der Waals surface area contributed by atoms with Gasteiger partial charge >= 0.3 is 11.7 Å². The Balaban J connectivity index is 1.32. The minimum absolute atomic E-state index is 0.254. The summed E-state index contributed by atoms with van der Waals surface area (Å²) in [5.74, 6) is 2.55.